The molecule has 0 radical (unpaired) electrons. The Hall–Kier alpha value is -4.27. The van der Waals surface area contributed by atoms with Gasteiger partial charge in [0.25, 0.3) is 0 Å². The molecule has 0 spiro atoms. The van der Waals surface area contributed by atoms with E-state index in [0.29, 0.717) is 17.2 Å². The van der Waals surface area contributed by atoms with Crippen LogP contribution in [0.4, 0.5) is 24.7 Å². The van der Waals surface area contributed by atoms with Crippen LogP contribution in [0.25, 0.3) is 17.1 Å². The summed E-state index contributed by atoms with van der Waals surface area (Å²) in [5.74, 6) is -1.40. The SMILES string of the molecule is C=C/C=C\C(=C(/N)n1nc(-c2cccc(CC)c2)cc1Nc1ccc(C2CC2)cc1C(=O)O)C(F)(F)F. The first-order valence-electron chi connectivity index (χ1n) is 11.8. The average molecular weight is 509 g/mol. The predicted octanol–water partition coefficient (Wildman–Crippen LogP) is 6.86. The van der Waals surface area contributed by atoms with Gasteiger partial charge >= 0.3 is 12.1 Å². The lowest BCUT2D eigenvalue weighted by Crippen LogP contribution is -2.21. The first-order valence-corrected chi connectivity index (χ1v) is 11.8. The zero-order valence-electron chi connectivity index (χ0n) is 20.2. The summed E-state index contributed by atoms with van der Waals surface area (Å²) in [6.45, 7) is 5.41. The van der Waals surface area contributed by atoms with E-state index in [1.54, 1.807) is 24.3 Å². The lowest BCUT2D eigenvalue weighted by atomic mass is 10.0. The van der Waals surface area contributed by atoms with Gasteiger partial charge < -0.3 is 16.2 Å². The summed E-state index contributed by atoms with van der Waals surface area (Å²) < 4.78 is 42.6. The van der Waals surface area contributed by atoms with Crippen LogP contribution in [0.2, 0.25) is 0 Å². The van der Waals surface area contributed by atoms with Crippen molar-refractivity contribution in [1.29, 1.82) is 0 Å². The second-order valence-corrected chi connectivity index (χ2v) is 8.78. The molecule has 1 fully saturated rings. The number of rotatable bonds is 9. The van der Waals surface area contributed by atoms with E-state index in [1.165, 1.54) is 6.08 Å². The Labute approximate surface area is 212 Å². The lowest BCUT2D eigenvalue weighted by Gasteiger charge is -2.16. The molecule has 1 aromatic heterocycles. The average Bonchev–Trinajstić information content (AvgIpc) is 3.63. The van der Waals surface area contributed by atoms with Crippen molar-refractivity contribution in [3.63, 3.8) is 0 Å². The molecule has 0 bridgehead atoms. The predicted molar refractivity (Wildman–Crippen MR) is 138 cm³/mol. The van der Waals surface area contributed by atoms with E-state index in [1.807, 2.05) is 31.2 Å². The van der Waals surface area contributed by atoms with Crippen LogP contribution in [0.3, 0.4) is 0 Å². The van der Waals surface area contributed by atoms with Crippen LogP contribution >= 0.6 is 0 Å². The van der Waals surface area contributed by atoms with Gasteiger partial charge in [-0.1, -0.05) is 49.9 Å². The van der Waals surface area contributed by atoms with Crippen LogP contribution in [0.1, 0.15) is 47.2 Å². The molecule has 4 N–H and O–H groups in total. The van der Waals surface area contributed by atoms with E-state index in [9.17, 15) is 23.1 Å². The second-order valence-electron chi connectivity index (χ2n) is 8.78. The van der Waals surface area contributed by atoms with Crippen LogP contribution < -0.4 is 11.1 Å². The molecule has 1 aliphatic carbocycles. The number of nitrogens with zero attached hydrogens (tertiary/aromatic N) is 2. The molecule has 0 aliphatic heterocycles. The van der Waals surface area contributed by atoms with Gasteiger partial charge in [0.1, 0.15) is 11.6 Å². The third kappa shape index (κ3) is 5.77. The zero-order chi connectivity index (χ0) is 26.7. The molecule has 9 heteroatoms. The Kier molecular flexibility index (Phi) is 7.24. The van der Waals surface area contributed by atoms with Crippen molar-refractivity contribution >= 4 is 23.3 Å². The van der Waals surface area contributed by atoms with Crippen molar-refractivity contribution in [3.8, 4) is 11.3 Å². The number of allylic oxidation sites excluding steroid dienone is 4. The molecule has 4 rings (SSSR count). The van der Waals surface area contributed by atoms with Crippen LogP contribution in [0.5, 0.6) is 0 Å². The number of hydrogen-bond acceptors (Lipinski definition) is 4. The number of nitrogens with two attached hydrogens (primary N) is 1. The molecular formula is C28H27F3N4O2. The molecule has 37 heavy (non-hydrogen) atoms. The van der Waals surface area contributed by atoms with E-state index in [-0.39, 0.29) is 17.1 Å². The number of hydrogen-bond donors (Lipinski definition) is 3. The van der Waals surface area contributed by atoms with Crippen LogP contribution in [-0.2, 0) is 6.42 Å². The number of aryl methyl sites for hydroxylation is 1. The van der Waals surface area contributed by atoms with Gasteiger partial charge in [0.2, 0.25) is 0 Å². The van der Waals surface area contributed by atoms with Crippen LogP contribution in [-0.4, -0.2) is 27.0 Å². The van der Waals surface area contributed by atoms with Gasteiger partial charge in [-0.2, -0.15) is 18.3 Å². The fourth-order valence-electron chi connectivity index (χ4n) is 4.01. The minimum absolute atomic E-state index is 0.0110. The summed E-state index contributed by atoms with van der Waals surface area (Å²) in [5, 5.41) is 17.2. The van der Waals surface area contributed by atoms with Crippen molar-refractivity contribution in [3.05, 3.63) is 95.6 Å². The van der Waals surface area contributed by atoms with Gasteiger partial charge in [0.15, 0.2) is 0 Å². The van der Waals surface area contributed by atoms with Gasteiger partial charge in [-0.05, 0) is 60.6 Å². The summed E-state index contributed by atoms with van der Waals surface area (Å²) in [5.41, 5.74) is 8.18. The Morgan fingerprint density at radius 2 is 2.00 bits per heavy atom. The first kappa shape index (κ1) is 25.8. The van der Waals surface area contributed by atoms with Gasteiger partial charge in [-0.3, -0.25) is 0 Å². The molecule has 2 aromatic carbocycles. The van der Waals surface area contributed by atoms with Crippen molar-refractivity contribution < 1.29 is 23.1 Å². The van der Waals surface area contributed by atoms with E-state index in [2.05, 4.69) is 17.0 Å². The Bertz CT molecular complexity index is 1400. The van der Waals surface area contributed by atoms with Crippen molar-refractivity contribution in [2.45, 2.75) is 38.3 Å². The summed E-state index contributed by atoms with van der Waals surface area (Å²) in [4.78, 5) is 12.0. The van der Waals surface area contributed by atoms with Gasteiger partial charge in [0, 0.05) is 11.6 Å². The number of aromatic nitrogens is 2. The number of aromatic carboxylic acids is 1. The largest absolute Gasteiger partial charge is 0.478 e. The second kappa shape index (κ2) is 10.4. The zero-order valence-corrected chi connectivity index (χ0v) is 20.2. The fourth-order valence-corrected chi connectivity index (χ4v) is 4.01. The van der Waals surface area contributed by atoms with Crippen LogP contribution in [0.15, 0.2) is 78.9 Å². The molecule has 0 unspecified atom stereocenters. The summed E-state index contributed by atoms with van der Waals surface area (Å²) in [6, 6.07) is 14.1. The number of carbonyl (C=O) groups is 1. The number of alkyl halides is 3. The standard InChI is InChI=1S/C28H27F3N4O2/c1-3-5-9-22(28(29,30)31)26(32)35-25(16-24(34-35)20-8-6-7-17(4-2)14-20)33-23-13-12-19(18-10-11-18)15-21(23)27(36)37/h3,5-9,12-16,18,33H,1,4,10-11,32H2,2H3,(H,36,37)/b9-5-,26-22-. The van der Waals surface area contributed by atoms with Gasteiger partial charge in [-0.15, -0.1) is 0 Å². The monoisotopic (exact) mass is 508 g/mol. The molecule has 1 saturated carbocycles. The quantitative estimate of drug-likeness (QED) is 0.275. The number of halogens is 3. The van der Waals surface area contributed by atoms with Gasteiger partial charge in [-0.25, -0.2) is 9.48 Å². The Morgan fingerprint density at radius 1 is 1.24 bits per heavy atom. The smallest absolute Gasteiger partial charge is 0.419 e. The Morgan fingerprint density at radius 3 is 2.62 bits per heavy atom. The highest BCUT2D eigenvalue weighted by atomic mass is 19.4. The maximum absolute atomic E-state index is 13.9. The fraction of sp³-hybridized carbons (Fsp3) is 0.214. The first-order chi connectivity index (χ1) is 17.6. The number of anilines is 2. The van der Waals surface area contributed by atoms with E-state index >= 15 is 0 Å². The van der Waals surface area contributed by atoms with Crippen molar-refractivity contribution in [2.24, 2.45) is 5.73 Å². The molecule has 0 atom stereocenters. The highest BCUT2D eigenvalue weighted by Crippen LogP contribution is 2.41. The van der Waals surface area contributed by atoms with E-state index in [0.717, 1.165) is 47.2 Å². The van der Waals surface area contributed by atoms with Crippen LogP contribution in [0, 0.1) is 0 Å². The van der Waals surface area contributed by atoms with E-state index in [4.69, 9.17) is 5.73 Å². The highest BCUT2D eigenvalue weighted by molar-refractivity contribution is 5.95. The summed E-state index contributed by atoms with van der Waals surface area (Å²) in [7, 11) is 0. The number of nitrogens with one attached hydrogen (secondary N) is 1. The number of carboxylic acid groups (broad SMARTS) is 1. The Balaban J connectivity index is 1.88. The van der Waals surface area contributed by atoms with Crippen molar-refractivity contribution in [2.75, 3.05) is 5.32 Å². The molecule has 1 aliphatic rings. The van der Waals surface area contributed by atoms with E-state index < -0.39 is 23.5 Å². The van der Waals surface area contributed by atoms with Crippen molar-refractivity contribution in [1.82, 2.24) is 9.78 Å². The number of benzene rings is 2. The minimum Gasteiger partial charge on any atom is -0.478 e. The maximum atomic E-state index is 13.9. The maximum Gasteiger partial charge on any atom is 0.419 e. The third-order valence-corrected chi connectivity index (χ3v) is 6.13. The molecule has 0 saturated heterocycles. The summed E-state index contributed by atoms with van der Waals surface area (Å²) in [6.07, 6.45) is 1.16. The normalized spacial score (nSPS) is 14.5. The lowest BCUT2D eigenvalue weighted by molar-refractivity contribution is -0.0880. The molecule has 192 valence electrons. The van der Waals surface area contributed by atoms with Gasteiger partial charge in [0.05, 0.1) is 22.5 Å². The topological polar surface area (TPSA) is 93.2 Å². The molecule has 0 amide bonds. The molecule has 1 heterocycles. The molecule has 3 aromatic rings. The summed E-state index contributed by atoms with van der Waals surface area (Å²) >= 11 is 0. The molecular weight excluding hydrogens is 481 g/mol. The minimum atomic E-state index is -4.77. The molecule has 6 nitrogen and oxygen atoms in total. The number of carboxylic acids is 1. The highest BCUT2D eigenvalue weighted by Gasteiger charge is 2.35. The third-order valence-electron chi connectivity index (χ3n) is 6.13.